The van der Waals surface area contributed by atoms with Crippen molar-refractivity contribution < 1.29 is 48.5 Å². The van der Waals surface area contributed by atoms with Crippen LogP contribution in [0.15, 0.2) is 0 Å². The van der Waals surface area contributed by atoms with Crippen LogP contribution in [0.25, 0.3) is 0 Å². The minimum atomic E-state index is -1.86. The summed E-state index contributed by atoms with van der Waals surface area (Å²) in [7, 11) is 3.78. The molecular formula is C53H99N3O10. The molecule has 0 heterocycles. The number of nitrogens with zero attached hydrogens (tertiary/aromatic N) is 1. The minimum Gasteiger partial charge on any atom is -0.481 e. The van der Waals surface area contributed by atoms with Gasteiger partial charge in [-0.25, -0.2) is 0 Å². The molecule has 13 nitrogen and oxygen atoms in total. The summed E-state index contributed by atoms with van der Waals surface area (Å²) in [5.41, 5.74) is -3.20. The smallest absolute Gasteiger partial charge is 0.317 e. The van der Waals surface area contributed by atoms with Gasteiger partial charge in [0.1, 0.15) is 6.42 Å². The van der Waals surface area contributed by atoms with Crippen LogP contribution in [0.3, 0.4) is 0 Å². The van der Waals surface area contributed by atoms with E-state index in [0.717, 1.165) is 128 Å². The van der Waals surface area contributed by atoms with Crippen LogP contribution in [0, 0.1) is 28.6 Å². The Hall–Kier alpha value is -3.22. The number of likely N-dealkylation sites (N-methyl/N-ethyl adjacent to an activating group) is 1. The SMILES string of the molecule is CCCCCCCCC(CCCCCC)COC(=O)CC(=O)OCC(C)(C)C(C(=O)NCCC(=O)NCCN(C)C)C(CCC(=O)O)(CC(CCCCCC)CCCCCCCC)C(=O)O. The third-order valence-electron chi connectivity index (χ3n) is 13.2. The Labute approximate surface area is 401 Å². The molecule has 0 rings (SSSR count). The first-order chi connectivity index (χ1) is 31.5. The molecule has 0 aliphatic carbocycles. The van der Waals surface area contributed by atoms with Gasteiger partial charge >= 0.3 is 23.9 Å². The standard InChI is InChI=1S/C53H99N3O10/c1-9-13-17-21-23-27-30-43(29-25-19-15-11-3)40-53(51(63)64,35-33-46(58)59)49(50(62)55-36-34-45(57)54-37-38-56(7)8)52(5,6)42-66-48(61)39-47(60)65-41-44(31-26-20-16-12-4)32-28-24-22-18-14-10-2/h43-44,49H,9-42H2,1-8H3,(H,54,57)(H,55,62)(H,58,59)(H,63,64). The maximum Gasteiger partial charge on any atom is 0.317 e. The molecule has 0 aliphatic heterocycles. The number of ether oxygens (including phenoxy) is 2. The van der Waals surface area contributed by atoms with Crippen molar-refractivity contribution in [2.75, 3.05) is 46.9 Å². The number of amides is 2. The van der Waals surface area contributed by atoms with Crippen molar-refractivity contribution in [2.24, 2.45) is 28.6 Å². The predicted octanol–water partition coefficient (Wildman–Crippen LogP) is 11.3. The van der Waals surface area contributed by atoms with Gasteiger partial charge in [0, 0.05) is 37.9 Å². The van der Waals surface area contributed by atoms with Gasteiger partial charge in [0.25, 0.3) is 0 Å². The number of nitrogens with one attached hydrogen (secondary N) is 2. The van der Waals surface area contributed by atoms with Crippen molar-refractivity contribution in [3.63, 3.8) is 0 Å². The highest BCUT2D eigenvalue weighted by Crippen LogP contribution is 2.50. The van der Waals surface area contributed by atoms with Crippen LogP contribution in [0.2, 0.25) is 0 Å². The second-order valence-corrected chi connectivity index (χ2v) is 20.2. The van der Waals surface area contributed by atoms with Gasteiger partial charge < -0.3 is 35.2 Å². The summed E-state index contributed by atoms with van der Waals surface area (Å²) in [4.78, 5) is 81.9. The van der Waals surface area contributed by atoms with E-state index in [2.05, 4.69) is 38.3 Å². The molecule has 386 valence electrons. The highest BCUT2D eigenvalue weighted by molar-refractivity contribution is 5.91. The predicted molar refractivity (Wildman–Crippen MR) is 265 cm³/mol. The lowest BCUT2D eigenvalue weighted by molar-refractivity contribution is -0.171. The van der Waals surface area contributed by atoms with E-state index < -0.39 is 66.0 Å². The molecule has 4 unspecified atom stereocenters. The van der Waals surface area contributed by atoms with E-state index >= 15 is 0 Å². The van der Waals surface area contributed by atoms with Gasteiger partial charge in [0.05, 0.1) is 24.5 Å². The number of hydrogen-bond acceptors (Lipinski definition) is 9. The molecule has 0 saturated heterocycles. The first-order valence-corrected chi connectivity index (χ1v) is 26.4. The van der Waals surface area contributed by atoms with Crippen LogP contribution in [0.1, 0.15) is 228 Å². The Kier molecular flexibility index (Phi) is 36.8. The average molecular weight is 938 g/mol. The Balaban J connectivity index is 6.57. The van der Waals surface area contributed by atoms with Crippen molar-refractivity contribution in [2.45, 2.75) is 228 Å². The van der Waals surface area contributed by atoms with E-state index in [1.54, 1.807) is 13.8 Å². The average Bonchev–Trinajstić information content (AvgIpc) is 3.25. The summed E-state index contributed by atoms with van der Waals surface area (Å²) < 4.78 is 11.4. The van der Waals surface area contributed by atoms with Crippen LogP contribution in [0.5, 0.6) is 0 Å². The topological polar surface area (TPSA) is 189 Å². The summed E-state index contributed by atoms with van der Waals surface area (Å²) in [5.74, 6) is -6.18. The number of esters is 2. The van der Waals surface area contributed by atoms with E-state index in [-0.39, 0.29) is 50.2 Å². The molecule has 0 aromatic rings. The molecule has 0 fully saturated rings. The number of unbranched alkanes of at least 4 members (excludes halogenated alkanes) is 16. The quantitative estimate of drug-likeness (QED) is 0.0258. The molecule has 66 heavy (non-hydrogen) atoms. The van der Waals surface area contributed by atoms with Gasteiger partial charge in [-0.15, -0.1) is 0 Å². The van der Waals surface area contributed by atoms with Crippen LogP contribution < -0.4 is 10.6 Å². The molecule has 4 N–H and O–H groups in total. The Bertz CT molecular complexity index is 1320. The molecule has 0 aromatic carbocycles. The van der Waals surface area contributed by atoms with Crippen LogP contribution in [0.4, 0.5) is 0 Å². The number of carbonyl (C=O) groups excluding carboxylic acids is 4. The van der Waals surface area contributed by atoms with E-state index in [1.807, 2.05) is 19.0 Å². The van der Waals surface area contributed by atoms with Crippen molar-refractivity contribution in [1.82, 2.24) is 15.5 Å². The normalized spacial score (nSPS) is 14.0. The van der Waals surface area contributed by atoms with Gasteiger partial charge in [-0.1, -0.05) is 183 Å². The van der Waals surface area contributed by atoms with Gasteiger partial charge in [0.2, 0.25) is 11.8 Å². The summed E-state index contributed by atoms with van der Waals surface area (Å²) in [5, 5.41) is 27.0. The fourth-order valence-corrected chi connectivity index (χ4v) is 9.38. The molecule has 4 atom stereocenters. The second kappa shape index (κ2) is 38.7. The molecule has 0 aliphatic rings. The maximum absolute atomic E-state index is 14.7. The van der Waals surface area contributed by atoms with Crippen LogP contribution in [-0.2, 0) is 38.2 Å². The van der Waals surface area contributed by atoms with Gasteiger partial charge in [-0.05, 0) is 51.6 Å². The molecular weight excluding hydrogens is 839 g/mol. The fourth-order valence-electron chi connectivity index (χ4n) is 9.38. The lowest BCUT2D eigenvalue weighted by atomic mass is 9.57. The van der Waals surface area contributed by atoms with Crippen molar-refractivity contribution in [3.8, 4) is 0 Å². The Morgan fingerprint density at radius 3 is 1.50 bits per heavy atom. The van der Waals surface area contributed by atoms with E-state index in [0.29, 0.717) is 13.1 Å². The third kappa shape index (κ3) is 30.2. The zero-order chi connectivity index (χ0) is 49.6. The number of carboxylic acid groups (broad SMARTS) is 2. The summed E-state index contributed by atoms with van der Waals surface area (Å²) >= 11 is 0. The molecule has 0 aromatic heterocycles. The molecule has 2 amide bonds. The number of hydrogen-bond donors (Lipinski definition) is 4. The first-order valence-electron chi connectivity index (χ1n) is 26.4. The number of carbonyl (C=O) groups is 6. The van der Waals surface area contributed by atoms with Crippen molar-refractivity contribution in [3.05, 3.63) is 0 Å². The number of aliphatic carboxylic acids is 2. The summed E-state index contributed by atoms with van der Waals surface area (Å²) in [6.45, 7) is 12.8. The monoisotopic (exact) mass is 938 g/mol. The largest absolute Gasteiger partial charge is 0.481 e. The summed E-state index contributed by atoms with van der Waals surface area (Å²) in [6, 6.07) is 0. The zero-order valence-corrected chi connectivity index (χ0v) is 43.4. The van der Waals surface area contributed by atoms with E-state index in [4.69, 9.17) is 9.47 Å². The third-order valence-corrected chi connectivity index (χ3v) is 13.2. The number of carboxylic acids is 2. The van der Waals surface area contributed by atoms with Crippen molar-refractivity contribution in [1.29, 1.82) is 0 Å². The first kappa shape index (κ1) is 62.8. The van der Waals surface area contributed by atoms with Gasteiger partial charge in [-0.2, -0.15) is 0 Å². The minimum absolute atomic E-state index is 0.0464. The highest BCUT2D eigenvalue weighted by atomic mass is 16.6. The molecule has 0 radical (unpaired) electrons. The summed E-state index contributed by atoms with van der Waals surface area (Å²) in [6.07, 6.45) is 23.9. The van der Waals surface area contributed by atoms with E-state index in [1.165, 1.54) is 25.7 Å². The molecule has 0 spiro atoms. The number of rotatable bonds is 45. The van der Waals surface area contributed by atoms with Crippen LogP contribution >= 0.6 is 0 Å². The maximum atomic E-state index is 14.7. The Morgan fingerprint density at radius 2 is 1.03 bits per heavy atom. The molecule has 13 heteroatoms. The van der Waals surface area contributed by atoms with E-state index in [9.17, 15) is 39.0 Å². The lowest BCUT2D eigenvalue weighted by Gasteiger charge is -2.46. The lowest BCUT2D eigenvalue weighted by Crippen LogP contribution is -2.55. The highest BCUT2D eigenvalue weighted by Gasteiger charge is 2.56. The Morgan fingerprint density at radius 1 is 0.576 bits per heavy atom. The van der Waals surface area contributed by atoms with Gasteiger partial charge in [0.15, 0.2) is 0 Å². The van der Waals surface area contributed by atoms with Crippen molar-refractivity contribution >= 4 is 35.7 Å². The molecule has 0 bridgehead atoms. The van der Waals surface area contributed by atoms with Crippen LogP contribution in [-0.4, -0.2) is 97.7 Å². The second-order valence-electron chi connectivity index (χ2n) is 20.2. The van der Waals surface area contributed by atoms with Gasteiger partial charge in [-0.3, -0.25) is 28.8 Å². The zero-order valence-electron chi connectivity index (χ0n) is 43.4. The fraction of sp³-hybridized carbons (Fsp3) is 0.887. The molecule has 0 saturated carbocycles.